The summed E-state index contributed by atoms with van der Waals surface area (Å²) in [7, 11) is 4.02. The number of nitrogens with one attached hydrogen (secondary N) is 1. The fourth-order valence-corrected chi connectivity index (χ4v) is 2.55. The van der Waals surface area contributed by atoms with Crippen molar-refractivity contribution in [2.45, 2.75) is 6.04 Å². The Morgan fingerprint density at radius 3 is 2.84 bits per heavy atom. The van der Waals surface area contributed by atoms with Crippen LogP contribution in [0.4, 0.5) is 0 Å². The second kappa shape index (κ2) is 6.45. The molecule has 1 amide bonds. The molecule has 2 aromatic rings. The van der Waals surface area contributed by atoms with Gasteiger partial charge in [0.15, 0.2) is 0 Å². The van der Waals surface area contributed by atoms with Gasteiger partial charge in [-0.3, -0.25) is 9.78 Å². The highest BCUT2D eigenvalue weighted by molar-refractivity contribution is 7.07. The van der Waals surface area contributed by atoms with E-state index < -0.39 is 0 Å². The van der Waals surface area contributed by atoms with Gasteiger partial charge in [0.2, 0.25) is 0 Å². The minimum atomic E-state index is -0.136. The van der Waals surface area contributed by atoms with Crippen LogP contribution in [0.1, 0.15) is 22.1 Å². The molecule has 0 aliphatic rings. The van der Waals surface area contributed by atoms with Crippen LogP contribution in [0.25, 0.3) is 0 Å². The number of amides is 1. The van der Waals surface area contributed by atoms with E-state index in [9.17, 15) is 4.79 Å². The highest BCUT2D eigenvalue weighted by Gasteiger charge is 2.16. The summed E-state index contributed by atoms with van der Waals surface area (Å²) in [6, 6.07) is 7.58. The molecule has 1 atom stereocenters. The number of hydrogen-bond donors (Lipinski definition) is 1. The molecule has 2 aromatic heterocycles. The quantitative estimate of drug-likeness (QED) is 0.909. The molecule has 0 fully saturated rings. The smallest absolute Gasteiger partial charge is 0.269 e. The summed E-state index contributed by atoms with van der Waals surface area (Å²) >= 11 is 1.66. The lowest BCUT2D eigenvalue weighted by Gasteiger charge is -2.23. The van der Waals surface area contributed by atoms with E-state index in [1.54, 1.807) is 29.7 Å². The van der Waals surface area contributed by atoms with Crippen LogP contribution in [-0.2, 0) is 0 Å². The van der Waals surface area contributed by atoms with Gasteiger partial charge in [0, 0.05) is 12.7 Å². The lowest BCUT2D eigenvalue weighted by atomic mass is 10.1. The van der Waals surface area contributed by atoms with Crippen molar-refractivity contribution >= 4 is 17.2 Å². The fraction of sp³-hybridized carbons (Fsp3) is 0.286. The van der Waals surface area contributed by atoms with Crippen LogP contribution in [0.3, 0.4) is 0 Å². The zero-order valence-corrected chi connectivity index (χ0v) is 11.9. The van der Waals surface area contributed by atoms with E-state index in [4.69, 9.17) is 0 Å². The molecule has 4 nitrogen and oxygen atoms in total. The molecule has 0 unspecified atom stereocenters. The van der Waals surface area contributed by atoms with Crippen LogP contribution in [0.5, 0.6) is 0 Å². The first-order chi connectivity index (χ1) is 9.18. The Hall–Kier alpha value is -1.72. The van der Waals surface area contributed by atoms with Crippen LogP contribution in [0, 0.1) is 0 Å². The molecule has 0 saturated carbocycles. The Labute approximate surface area is 117 Å². The molecule has 0 spiro atoms. The maximum Gasteiger partial charge on any atom is 0.269 e. The fourth-order valence-electron chi connectivity index (χ4n) is 1.84. The zero-order chi connectivity index (χ0) is 13.7. The number of nitrogens with zero attached hydrogens (tertiary/aromatic N) is 2. The van der Waals surface area contributed by atoms with Crippen molar-refractivity contribution in [2.24, 2.45) is 0 Å². The lowest BCUT2D eigenvalue weighted by Crippen LogP contribution is -2.34. The van der Waals surface area contributed by atoms with Gasteiger partial charge in [0.1, 0.15) is 5.69 Å². The van der Waals surface area contributed by atoms with Crippen LogP contribution in [0.15, 0.2) is 41.2 Å². The number of likely N-dealkylation sites (N-methyl/N-ethyl adjacent to an activating group) is 1. The minimum Gasteiger partial charge on any atom is -0.349 e. The number of aromatic nitrogens is 1. The Morgan fingerprint density at radius 2 is 2.26 bits per heavy atom. The van der Waals surface area contributed by atoms with Gasteiger partial charge < -0.3 is 10.2 Å². The van der Waals surface area contributed by atoms with Crippen molar-refractivity contribution in [1.29, 1.82) is 0 Å². The van der Waals surface area contributed by atoms with Crippen molar-refractivity contribution in [3.05, 3.63) is 52.5 Å². The molecule has 100 valence electrons. The van der Waals surface area contributed by atoms with Gasteiger partial charge in [-0.25, -0.2) is 0 Å². The molecule has 0 aliphatic heterocycles. The third-order valence-electron chi connectivity index (χ3n) is 2.90. The maximum atomic E-state index is 12.0. The third-order valence-corrected chi connectivity index (χ3v) is 3.61. The predicted molar refractivity (Wildman–Crippen MR) is 77.3 cm³/mol. The van der Waals surface area contributed by atoms with Crippen molar-refractivity contribution in [3.8, 4) is 0 Å². The number of hydrogen-bond acceptors (Lipinski definition) is 4. The molecule has 2 heterocycles. The topological polar surface area (TPSA) is 45.2 Å². The monoisotopic (exact) mass is 275 g/mol. The molecule has 2 rings (SSSR count). The van der Waals surface area contributed by atoms with Crippen LogP contribution < -0.4 is 5.32 Å². The number of carbonyl (C=O) groups is 1. The normalized spacial score (nSPS) is 12.4. The maximum absolute atomic E-state index is 12.0. The standard InChI is InChI=1S/C14H17N3OS/c1-17(2)13(11-6-8-19-10-11)9-16-14(18)12-5-3-4-7-15-12/h3-8,10,13H,9H2,1-2H3,(H,16,18)/t13-/m0/s1. The average molecular weight is 275 g/mol. The lowest BCUT2D eigenvalue weighted by molar-refractivity contribution is 0.0937. The molecule has 0 radical (unpaired) electrons. The van der Waals surface area contributed by atoms with E-state index >= 15 is 0 Å². The first-order valence-corrected chi connectivity index (χ1v) is 7.00. The molecule has 0 aromatic carbocycles. The molecule has 0 aliphatic carbocycles. The van der Waals surface area contributed by atoms with Gasteiger partial charge in [-0.05, 0) is 48.6 Å². The molecule has 5 heteroatoms. The second-order valence-corrected chi connectivity index (χ2v) is 5.24. The summed E-state index contributed by atoms with van der Waals surface area (Å²) in [4.78, 5) is 18.1. The third kappa shape index (κ3) is 3.62. The SMILES string of the molecule is CN(C)[C@@H](CNC(=O)c1ccccn1)c1ccsc1. The van der Waals surface area contributed by atoms with E-state index in [1.807, 2.05) is 25.5 Å². The highest BCUT2D eigenvalue weighted by Crippen LogP contribution is 2.19. The van der Waals surface area contributed by atoms with Gasteiger partial charge in [-0.1, -0.05) is 6.07 Å². The number of thiophene rings is 1. The second-order valence-electron chi connectivity index (χ2n) is 4.46. The van der Waals surface area contributed by atoms with Crippen molar-refractivity contribution in [1.82, 2.24) is 15.2 Å². The van der Waals surface area contributed by atoms with E-state index in [0.717, 1.165) is 0 Å². The van der Waals surface area contributed by atoms with E-state index in [2.05, 4.69) is 26.6 Å². The van der Waals surface area contributed by atoms with Crippen molar-refractivity contribution in [2.75, 3.05) is 20.6 Å². The van der Waals surface area contributed by atoms with Gasteiger partial charge in [0.05, 0.1) is 6.04 Å². The van der Waals surface area contributed by atoms with E-state index in [-0.39, 0.29) is 11.9 Å². The Bertz CT molecular complexity index is 511. The van der Waals surface area contributed by atoms with E-state index in [1.165, 1.54) is 5.56 Å². The van der Waals surface area contributed by atoms with Crippen LogP contribution >= 0.6 is 11.3 Å². The summed E-state index contributed by atoms with van der Waals surface area (Å²) in [5.74, 6) is -0.136. The largest absolute Gasteiger partial charge is 0.349 e. The van der Waals surface area contributed by atoms with Crippen LogP contribution in [0.2, 0.25) is 0 Å². The number of pyridine rings is 1. The van der Waals surface area contributed by atoms with Gasteiger partial charge in [-0.15, -0.1) is 0 Å². The number of carbonyl (C=O) groups excluding carboxylic acids is 1. The highest BCUT2D eigenvalue weighted by atomic mass is 32.1. The van der Waals surface area contributed by atoms with Gasteiger partial charge in [-0.2, -0.15) is 11.3 Å². The van der Waals surface area contributed by atoms with Gasteiger partial charge >= 0.3 is 0 Å². The Balaban J connectivity index is 1.98. The van der Waals surface area contributed by atoms with Crippen LogP contribution in [-0.4, -0.2) is 36.4 Å². The Morgan fingerprint density at radius 1 is 1.42 bits per heavy atom. The zero-order valence-electron chi connectivity index (χ0n) is 11.0. The minimum absolute atomic E-state index is 0.136. The Kier molecular flexibility index (Phi) is 4.65. The van der Waals surface area contributed by atoms with Gasteiger partial charge in [0.25, 0.3) is 5.91 Å². The first-order valence-electron chi connectivity index (χ1n) is 6.06. The molecule has 19 heavy (non-hydrogen) atoms. The summed E-state index contributed by atoms with van der Waals surface area (Å²) in [5, 5.41) is 7.09. The van der Waals surface area contributed by atoms with Crippen molar-refractivity contribution in [3.63, 3.8) is 0 Å². The predicted octanol–water partition coefficient (Wildman–Crippen LogP) is 2.18. The summed E-state index contributed by atoms with van der Waals surface area (Å²) in [6.07, 6.45) is 1.62. The average Bonchev–Trinajstić information content (AvgIpc) is 2.93. The van der Waals surface area contributed by atoms with Crippen molar-refractivity contribution < 1.29 is 4.79 Å². The summed E-state index contributed by atoms with van der Waals surface area (Å²) in [6.45, 7) is 0.569. The molecule has 1 N–H and O–H groups in total. The molecule has 0 bridgehead atoms. The van der Waals surface area contributed by atoms with E-state index in [0.29, 0.717) is 12.2 Å². The number of rotatable bonds is 5. The molecule has 0 saturated heterocycles. The molecular formula is C14H17N3OS. The first kappa shape index (κ1) is 13.7. The summed E-state index contributed by atoms with van der Waals surface area (Å²) < 4.78 is 0. The summed E-state index contributed by atoms with van der Waals surface area (Å²) in [5.41, 5.74) is 1.67. The molecular weight excluding hydrogens is 258 g/mol.